The molecule has 0 fully saturated rings. The molecule has 7 nitrogen and oxygen atoms in total. The molecule has 0 radical (unpaired) electrons. The maximum Gasteiger partial charge on any atom is 0.277 e. The van der Waals surface area contributed by atoms with Crippen LogP contribution < -0.4 is 19.6 Å². The molecule has 0 atom stereocenters. The highest BCUT2D eigenvalue weighted by atomic mass is 16.5. The van der Waals surface area contributed by atoms with Gasteiger partial charge in [-0.05, 0) is 24.3 Å². The fourth-order valence-electron chi connectivity index (χ4n) is 2.47. The van der Waals surface area contributed by atoms with E-state index in [1.807, 2.05) is 24.3 Å². The van der Waals surface area contributed by atoms with E-state index in [1.165, 1.54) is 6.21 Å². The van der Waals surface area contributed by atoms with Crippen molar-refractivity contribution in [3.63, 3.8) is 0 Å². The molecule has 0 aliphatic heterocycles. The number of rotatable bonds is 7. The second kappa shape index (κ2) is 8.66. The summed E-state index contributed by atoms with van der Waals surface area (Å²) >= 11 is 0. The van der Waals surface area contributed by atoms with Crippen molar-refractivity contribution in [2.75, 3.05) is 20.8 Å². The predicted octanol–water partition coefficient (Wildman–Crippen LogP) is 2.78. The van der Waals surface area contributed by atoms with Gasteiger partial charge in [0.25, 0.3) is 5.91 Å². The number of pyridine rings is 1. The molecule has 1 heterocycles. The quantitative estimate of drug-likeness (QED) is 0.514. The van der Waals surface area contributed by atoms with Gasteiger partial charge in [-0.2, -0.15) is 5.10 Å². The Morgan fingerprint density at radius 3 is 2.78 bits per heavy atom. The van der Waals surface area contributed by atoms with Gasteiger partial charge in [-0.1, -0.05) is 18.2 Å². The lowest BCUT2D eigenvalue weighted by molar-refractivity contribution is -0.123. The van der Waals surface area contributed by atoms with Gasteiger partial charge in [0.1, 0.15) is 22.8 Å². The lowest BCUT2D eigenvalue weighted by Crippen LogP contribution is -2.24. The van der Waals surface area contributed by atoms with Crippen LogP contribution in [-0.2, 0) is 4.79 Å². The standard InChI is InChI=1S/C20H19N3O4/c1-25-16-9-8-15(18(11-16)26-2)12-22-23-19(24)13-27-17-7-3-5-14-6-4-10-21-20(14)17/h3-12H,13H2,1-2H3,(H,23,24)/b22-12-. The fraction of sp³-hybridized carbons (Fsp3) is 0.150. The molecule has 1 amide bonds. The number of hydrogen-bond acceptors (Lipinski definition) is 6. The van der Waals surface area contributed by atoms with Crippen molar-refractivity contribution in [3.05, 3.63) is 60.3 Å². The molecule has 27 heavy (non-hydrogen) atoms. The maximum atomic E-state index is 12.0. The summed E-state index contributed by atoms with van der Waals surface area (Å²) in [5.41, 5.74) is 3.84. The van der Waals surface area contributed by atoms with Crippen LogP contribution in [0.4, 0.5) is 0 Å². The van der Waals surface area contributed by atoms with Crippen molar-refractivity contribution in [2.45, 2.75) is 0 Å². The normalized spacial score (nSPS) is 10.7. The second-order valence-corrected chi connectivity index (χ2v) is 5.52. The number of benzene rings is 2. The van der Waals surface area contributed by atoms with Crippen LogP contribution in [0.5, 0.6) is 17.2 Å². The maximum absolute atomic E-state index is 12.0. The predicted molar refractivity (Wildman–Crippen MR) is 103 cm³/mol. The minimum atomic E-state index is -0.383. The summed E-state index contributed by atoms with van der Waals surface area (Å²) in [6.07, 6.45) is 3.18. The first kappa shape index (κ1) is 18.2. The summed E-state index contributed by atoms with van der Waals surface area (Å²) < 4.78 is 16.0. The molecule has 0 saturated heterocycles. The third kappa shape index (κ3) is 4.52. The monoisotopic (exact) mass is 365 g/mol. The van der Waals surface area contributed by atoms with Crippen molar-refractivity contribution in [3.8, 4) is 17.2 Å². The van der Waals surface area contributed by atoms with E-state index >= 15 is 0 Å². The highest BCUT2D eigenvalue weighted by Gasteiger charge is 2.06. The van der Waals surface area contributed by atoms with E-state index in [0.29, 0.717) is 28.3 Å². The van der Waals surface area contributed by atoms with Gasteiger partial charge in [0.2, 0.25) is 0 Å². The molecule has 138 valence electrons. The Bertz CT molecular complexity index is 967. The smallest absolute Gasteiger partial charge is 0.277 e. The number of carbonyl (C=O) groups is 1. The number of aromatic nitrogens is 1. The average Bonchev–Trinajstić information content (AvgIpc) is 2.72. The van der Waals surface area contributed by atoms with Gasteiger partial charge in [-0.3, -0.25) is 9.78 Å². The molecule has 0 unspecified atom stereocenters. The lowest BCUT2D eigenvalue weighted by Gasteiger charge is -2.08. The van der Waals surface area contributed by atoms with Gasteiger partial charge in [0.05, 0.1) is 20.4 Å². The summed E-state index contributed by atoms with van der Waals surface area (Å²) in [6.45, 7) is -0.174. The van der Waals surface area contributed by atoms with Gasteiger partial charge in [0.15, 0.2) is 6.61 Å². The van der Waals surface area contributed by atoms with Gasteiger partial charge in [-0.25, -0.2) is 5.43 Å². The SMILES string of the molecule is COc1ccc(/C=N\NC(=O)COc2cccc3cccnc23)c(OC)c1. The zero-order chi connectivity index (χ0) is 19.1. The highest BCUT2D eigenvalue weighted by Crippen LogP contribution is 2.23. The Morgan fingerprint density at radius 2 is 1.96 bits per heavy atom. The number of fused-ring (bicyclic) bond motifs is 1. The highest BCUT2D eigenvalue weighted by molar-refractivity contribution is 5.87. The fourth-order valence-corrected chi connectivity index (χ4v) is 2.47. The van der Waals surface area contributed by atoms with E-state index in [0.717, 1.165) is 5.39 Å². The number of methoxy groups -OCH3 is 2. The first-order chi connectivity index (χ1) is 13.2. The van der Waals surface area contributed by atoms with Crippen LogP contribution in [0, 0.1) is 0 Å². The third-order valence-corrected chi connectivity index (χ3v) is 3.79. The largest absolute Gasteiger partial charge is 0.497 e. The Kier molecular flexibility index (Phi) is 5.84. The van der Waals surface area contributed by atoms with E-state index < -0.39 is 0 Å². The van der Waals surface area contributed by atoms with E-state index in [1.54, 1.807) is 44.7 Å². The van der Waals surface area contributed by atoms with Gasteiger partial charge in [-0.15, -0.1) is 0 Å². The summed E-state index contributed by atoms with van der Waals surface area (Å²) in [5.74, 6) is 1.42. The van der Waals surface area contributed by atoms with E-state index in [2.05, 4.69) is 15.5 Å². The summed E-state index contributed by atoms with van der Waals surface area (Å²) in [6, 6.07) is 14.6. The van der Waals surface area contributed by atoms with Crippen LogP contribution in [-0.4, -0.2) is 37.9 Å². The van der Waals surface area contributed by atoms with Crippen LogP contribution in [0.1, 0.15) is 5.56 Å². The molecule has 3 rings (SSSR count). The molecular weight excluding hydrogens is 346 g/mol. The van der Waals surface area contributed by atoms with Crippen molar-refractivity contribution >= 4 is 23.0 Å². The van der Waals surface area contributed by atoms with Crippen molar-refractivity contribution < 1.29 is 19.0 Å². The minimum Gasteiger partial charge on any atom is -0.497 e. The topological polar surface area (TPSA) is 82.0 Å². The Morgan fingerprint density at radius 1 is 1.11 bits per heavy atom. The molecule has 1 aromatic heterocycles. The molecule has 0 bridgehead atoms. The second-order valence-electron chi connectivity index (χ2n) is 5.52. The van der Waals surface area contributed by atoms with Crippen LogP contribution >= 0.6 is 0 Å². The molecule has 0 spiro atoms. The lowest BCUT2D eigenvalue weighted by atomic mass is 10.2. The molecule has 1 N–H and O–H groups in total. The molecule has 2 aromatic carbocycles. The van der Waals surface area contributed by atoms with Crippen LogP contribution in [0.3, 0.4) is 0 Å². The number of nitrogens with one attached hydrogen (secondary N) is 1. The van der Waals surface area contributed by atoms with Gasteiger partial charge < -0.3 is 14.2 Å². The van der Waals surface area contributed by atoms with Crippen molar-refractivity contribution in [1.82, 2.24) is 10.4 Å². The number of carbonyl (C=O) groups excluding carboxylic acids is 1. The third-order valence-electron chi connectivity index (χ3n) is 3.79. The van der Waals surface area contributed by atoms with E-state index in [4.69, 9.17) is 14.2 Å². The van der Waals surface area contributed by atoms with Crippen molar-refractivity contribution in [2.24, 2.45) is 5.10 Å². The number of para-hydroxylation sites is 1. The molecular formula is C20H19N3O4. The number of hydrazone groups is 1. The number of ether oxygens (including phenoxy) is 3. The number of amides is 1. The van der Waals surface area contributed by atoms with E-state index in [9.17, 15) is 4.79 Å². The van der Waals surface area contributed by atoms with Crippen LogP contribution in [0.25, 0.3) is 10.9 Å². The number of hydrogen-bond donors (Lipinski definition) is 1. The first-order valence-electron chi connectivity index (χ1n) is 8.21. The molecule has 0 saturated carbocycles. The molecule has 0 aliphatic rings. The Balaban J connectivity index is 1.59. The summed E-state index contributed by atoms with van der Waals surface area (Å²) in [7, 11) is 3.13. The Labute approximate surface area is 156 Å². The molecule has 7 heteroatoms. The minimum absolute atomic E-state index is 0.174. The average molecular weight is 365 g/mol. The first-order valence-corrected chi connectivity index (χ1v) is 8.21. The number of nitrogens with zero attached hydrogens (tertiary/aromatic N) is 2. The zero-order valence-electron chi connectivity index (χ0n) is 15.0. The van der Waals surface area contributed by atoms with Crippen LogP contribution in [0.15, 0.2) is 59.8 Å². The molecule has 3 aromatic rings. The zero-order valence-corrected chi connectivity index (χ0v) is 15.0. The van der Waals surface area contributed by atoms with Crippen molar-refractivity contribution in [1.29, 1.82) is 0 Å². The summed E-state index contributed by atoms with van der Waals surface area (Å²) in [5, 5.41) is 4.88. The molecule has 0 aliphatic carbocycles. The summed E-state index contributed by atoms with van der Waals surface area (Å²) in [4.78, 5) is 16.3. The Hall–Kier alpha value is -3.61. The van der Waals surface area contributed by atoms with Crippen LogP contribution in [0.2, 0.25) is 0 Å². The van der Waals surface area contributed by atoms with Gasteiger partial charge in [0, 0.05) is 23.2 Å². The van der Waals surface area contributed by atoms with E-state index in [-0.39, 0.29) is 12.5 Å². The van der Waals surface area contributed by atoms with Gasteiger partial charge >= 0.3 is 0 Å².